The number of methoxy groups -OCH3 is 1. The van der Waals surface area contributed by atoms with Gasteiger partial charge in [-0.3, -0.25) is 24.7 Å². The van der Waals surface area contributed by atoms with Crippen LogP contribution in [0, 0.1) is 11.7 Å². The molecule has 3 aliphatic heterocycles. The number of furan rings is 1. The number of carbonyl (C=O) groups is 4. The van der Waals surface area contributed by atoms with Crippen molar-refractivity contribution in [2.24, 2.45) is 10.9 Å². The second-order valence-corrected chi connectivity index (χ2v) is 9.38. The molecule has 1 saturated carbocycles. The van der Waals surface area contributed by atoms with Gasteiger partial charge in [-0.15, -0.1) is 0 Å². The molecule has 4 heterocycles. The second kappa shape index (κ2) is 7.90. The number of halogens is 1. The molecule has 186 valence electrons. The Bertz CT molecular complexity index is 1360. The predicted octanol–water partition coefficient (Wildman–Crippen LogP) is 1.27. The van der Waals surface area contributed by atoms with Crippen LogP contribution in [0.5, 0.6) is 5.75 Å². The highest BCUT2D eigenvalue weighted by Crippen LogP contribution is 2.39. The molecular formula is C24H22FN5O6. The lowest BCUT2D eigenvalue weighted by molar-refractivity contribution is -0.125. The van der Waals surface area contributed by atoms with Crippen LogP contribution < -0.4 is 20.7 Å². The summed E-state index contributed by atoms with van der Waals surface area (Å²) in [6, 6.07) is 3.98. The lowest BCUT2D eigenvalue weighted by Crippen LogP contribution is -2.52. The summed E-state index contributed by atoms with van der Waals surface area (Å²) < 4.78 is 25.8. The van der Waals surface area contributed by atoms with Crippen molar-refractivity contribution in [3.8, 4) is 5.75 Å². The Morgan fingerprint density at radius 3 is 2.83 bits per heavy atom. The van der Waals surface area contributed by atoms with E-state index in [-0.39, 0.29) is 48.5 Å². The van der Waals surface area contributed by atoms with Gasteiger partial charge in [0.2, 0.25) is 5.91 Å². The minimum absolute atomic E-state index is 0.0297. The molecule has 1 aromatic heterocycles. The lowest BCUT2D eigenvalue weighted by Gasteiger charge is -2.29. The van der Waals surface area contributed by atoms with Crippen LogP contribution in [0.3, 0.4) is 0 Å². The minimum Gasteiger partial charge on any atom is -0.494 e. The SMILES string of the molecule is COc1ccc2c(c1F)C(=O)N(CC1(c3cc4c(o3)CC(C(=O)NC3CC3)C=N4)NC(=O)NC1=O)C2. The minimum atomic E-state index is -1.76. The van der Waals surface area contributed by atoms with Crippen molar-refractivity contribution in [1.82, 2.24) is 20.9 Å². The first-order chi connectivity index (χ1) is 17.3. The number of nitrogens with zero attached hydrogens (tertiary/aromatic N) is 2. The van der Waals surface area contributed by atoms with Gasteiger partial charge < -0.3 is 24.7 Å². The molecule has 0 spiro atoms. The van der Waals surface area contributed by atoms with Gasteiger partial charge in [0.15, 0.2) is 17.1 Å². The lowest BCUT2D eigenvalue weighted by atomic mass is 9.95. The monoisotopic (exact) mass is 495 g/mol. The number of imide groups is 1. The van der Waals surface area contributed by atoms with Crippen LogP contribution in [0.15, 0.2) is 27.6 Å². The Hall–Kier alpha value is -4.22. The number of benzene rings is 1. The van der Waals surface area contributed by atoms with Crippen LogP contribution in [0.25, 0.3) is 0 Å². The van der Waals surface area contributed by atoms with Crippen molar-refractivity contribution >= 4 is 35.7 Å². The number of nitrogens with one attached hydrogen (secondary N) is 3. The molecule has 12 heteroatoms. The summed E-state index contributed by atoms with van der Waals surface area (Å²) in [5.41, 5.74) is -1.03. The van der Waals surface area contributed by atoms with Crippen molar-refractivity contribution in [1.29, 1.82) is 0 Å². The van der Waals surface area contributed by atoms with Crippen molar-refractivity contribution < 1.29 is 32.7 Å². The van der Waals surface area contributed by atoms with Crippen molar-refractivity contribution in [3.05, 3.63) is 46.7 Å². The third-order valence-corrected chi connectivity index (χ3v) is 6.91. The summed E-state index contributed by atoms with van der Waals surface area (Å²) in [6.07, 6.45) is 3.69. The first-order valence-corrected chi connectivity index (χ1v) is 11.5. The average Bonchev–Trinajstić information content (AvgIpc) is 3.34. The maximum Gasteiger partial charge on any atom is 0.322 e. The fraction of sp³-hybridized carbons (Fsp3) is 0.375. The van der Waals surface area contributed by atoms with E-state index in [1.165, 1.54) is 30.4 Å². The summed E-state index contributed by atoms with van der Waals surface area (Å²) in [5.74, 6) is -2.41. The smallest absolute Gasteiger partial charge is 0.322 e. The molecule has 1 aromatic carbocycles. The van der Waals surface area contributed by atoms with E-state index in [9.17, 15) is 23.6 Å². The number of urea groups is 1. The zero-order valence-corrected chi connectivity index (χ0v) is 19.2. The van der Waals surface area contributed by atoms with Gasteiger partial charge in [0.1, 0.15) is 17.2 Å². The van der Waals surface area contributed by atoms with Crippen LogP contribution in [-0.2, 0) is 28.1 Å². The summed E-state index contributed by atoms with van der Waals surface area (Å²) >= 11 is 0. The highest BCUT2D eigenvalue weighted by atomic mass is 19.1. The topological polar surface area (TPSA) is 142 Å². The van der Waals surface area contributed by atoms with Crippen molar-refractivity contribution in [3.63, 3.8) is 0 Å². The number of amides is 5. The number of hydrogen-bond donors (Lipinski definition) is 3. The first-order valence-electron chi connectivity index (χ1n) is 11.5. The Labute approximate surface area is 204 Å². The Morgan fingerprint density at radius 2 is 2.14 bits per heavy atom. The van der Waals surface area contributed by atoms with Gasteiger partial charge >= 0.3 is 6.03 Å². The first kappa shape index (κ1) is 22.3. The van der Waals surface area contributed by atoms with Gasteiger partial charge in [0.25, 0.3) is 11.8 Å². The molecule has 3 N–H and O–H groups in total. The van der Waals surface area contributed by atoms with Gasteiger partial charge in [-0.25, -0.2) is 9.18 Å². The van der Waals surface area contributed by atoms with Gasteiger partial charge in [-0.2, -0.15) is 0 Å². The summed E-state index contributed by atoms with van der Waals surface area (Å²) in [5, 5.41) is 7.72. The molecule has 1 saturated heterocycles. The zero-order valence-electron chi connectivity index (χ0n) is 19.2. The highest BCUT2D eigenvalue weighted by molar-refractivity contribution is 6.08. The molecule has 11 nitrogen and oxygen atoms in total. The summed E-state index contributed by atoms with van der Waals surface area (Å²) in [4.78, 5) is 56.5. The van der Waals surface area contributed by atoms with Gasteiger partial charge in [-0.05, 0) is 24.5 Å². The molecule has 4 aliphatic rings. The number of fused-ring (bicyclic) bond motifs is 2. The van der Waals surface area contributed by atoms with E-state index in [2.05, 4.69) is 20.9 Å². The molecule has 2 atom stereocenters. The predicted molar refractivity (Wildman–Crippen MR) is 121 cm³/mol. The van der Waals surface area contributed by atoms with Crippen LogP contribution in [-0.4, -0.2) is 54.6 Å². The maximum absolute atomic E-state index is 14.8. The molecule has 2 fully saturated rings. The van der Waals surface area contributed by atoms with Crippen molar-refractivity contribution in [2.45, 2.75) is 37.4 Å². The van der Waals surface area contributed by atoms with E-state index in [4.69, 9.17) is 9.15 Å². The van der Waals surface area contributed by atoms with E-state index in [0.29, 0.717) is 17.0 Å². The molecule has 2 aromatic rings. The fourth-order valence-corrected chi connectivity index (χ4v) is 4.83. The Kier molecular flexibility index (Phi) is 4.88. The van der Waals surface area contributed by atoms with Crippen molar-refractivity contribution in [2.75, 3.05) is 13.7 Å². The molecule has 1 aliphatic carbocycles. The largest absolute Gasteiger partial charge is 0.494 e. The van der Waals surface area contributed by atoms with E-state index in [0.717, 1.165) is 12.8 Å². The van der Waals surface area contributed by atoms with Crippen LogP contribution in [0.1, 0.15) is 40.3 Å². The fourth-order valence-electron chi connectivity index (χ4n) is 4.83. The van der Waals surface area contributed by atoms with Gasteiger partial charge in [-0.1, -0.05) is 6.07 Å². The normalized spacial score (nSPS) is 24.3. The molecule has 2 unspecified atom stereocenters. The van der Waals surface area contributed by atoms with Crippen LogP contribution in [0.4, 0.5) is 14.9 Å². The molecule has 6 rings (SSSR count). The Balaban J connectivity index is 1.30. The Morgan fingerprint density at radius 1 is 1.33 bits per heavy atom. The van der Waals surface area contributed by atoms with Gasteiger partial charge in [0, 0.05) is 31.3 Å². The van der Waals surface area contributed by atoms with E-state index in [1.807, 2.05) is 0 Å². The molecule has 0 bridgehead atoms. The quantitative estimate of drug-likeness (QED) is 0.515. The average molecular weight is 495 g/mol. The third-order valence-electron chi connectivity index (χ3n) is 6.91. The number of carbonyl (C=O) groups excluding carboxylic acids is 4. The standard InChI is InChI=1S/C24H22FN5O6/c1-35-15-5-2-11-9-30(21(32)18(11)19(15)25)10-24(22(33)28-23(34)29-24)17-7-14-16(36-17)6-12(8-26-14)20(31)27-13-3-4-13/h2,5,7-8,12-13H,3-4,6,9-10H2,1H3,(H,27,31)(H2,28,29,33,34). The van der Waals surface area contributed by atoms with E-state index in [1.54, 1.807) is 6.07 Å². The van der Waals surface area contributed by atoms with E-state index < -0.39 is 35.1 Å². The molecule has 0 radical (unpaired) electrons. The number of aliphatic imine (C=N–C) groups is 1. The molecular weight excluding hydrogens is 473 g/mol. The highest BCUT2D eigenvalue weighted by Gasteiger charge is 2.53. The zero-order chi connectivity index (χ0) is 25.2. The van der Waals surface area contributed by atoms with Crippen LogP contribution >= 0.6 is 0 Å². The second-order valence-electron chi connectivity index (χ2n) is 9.38. The van der Waals surface area contributed by atoms with E-state index >= 15 is 0 Å². The molecule has 5 amide bonds. The van der Waals surface area contributed by atoms with Gasteiger partial charge in [0.05, 0.1) is 25.1 Å². The number of ether oxygens (including phenoxy) is 1. The molecule has 36 heavy (non-hydrogen) atoms. The maximum atomic E-state index is 14.8. The third kappa shape index (κ3) is 3.43. The number of hydrogen-bond acceptors (Lipinski definition) is 7. The number of rotatable bonds is 6. The van der Waals surface area contributed by atoms with Crippen LogP contribution in [0.2, 0.25) is 0 Å². The summed E-state index contributed by atoms with van der Waals surface area (Å²) in [6.45, 7) is -0.274. The summed E-state index contributed by atoms with van der Waals surface area (Å²) in [7, 11) is 1.30.